The van der Waals surface area contributed by atoms with Gasteiger partial charge in [0.1, 0.15) is 12.1 Å². The minimum absolute atomic E-state index is 0.0810. The maximum atomic E-state index is 13.8. The number of carbonyl (C=O) groups excluding carboxylic acids is 3. The molecule has 2 heterocycles. The highest BCUT2D eigenvalue weighted by atomic mass is 16.2. The van der Waals surface area contributed by atoms with Gasteiger partial charge in [0.15, 0.2) is 0 Å². The molecule has 3 N–H and O–H groups in total. The number of benzene rings is 1. The third-order valence-electron chi connectivity index (χ3n) is 7.54. The molecule has 35 heavy (non-hydrogen) atoms. The van der Waals surface area contributed by atoms with Crippen LogP contribution in [-0.4, -0.2) is 51.4 Å². The number of amides is 3. The van der Waals surface area contributed by atoms with E-state index in [0.29, 0.717) is 18.7 Å². The first-order valence-electron chi connectivity index (χ1n) is 13.0. The van der Waals surface area contributed by atoms with Crippen molar-refractivity contribution in [1.82, 2.24) is 20.4 Å². The maximum absolute atomic E-state index is 13.8. The van der Waals surface area contributed by atoms with Gasteiger partial charge in [-0.2, -0.15) is 5.10 Å². The lowest BCUT2D eigenvalue weighted by Gasteiger charge is -2.35. The van der Waals surface area contributed by atoms with Crippen molar-refractivity contribution in [2.75, 3.05) is 11.9 Å². The largest absolute Gasteiger partial charge is 0.344 e. The smallest absolute Gasteiger partial charge is 0.247 e. The van der Waals surface area contributed by atoms with Gasteiger partial charge in [-0.05, 0) is 38.0 Å². The van der Waals surface area contributed by atoms with Gasteiger partial charge in [-0.15, -0.1) is 0 Å². The highest BCUT2D eigenvalue weighted by Crippen LogP contribution is 2.31. The van der Waals surface area contributed by atoms with Crippen LogP contribution < -0.4 is 10.6 Å². The monoisotopic (exact) mass is 479 g/mol. The van der Waals surface area contributed by atoms with Crippen molar-refractivity contribution < 1.29 is 14.4 Å². The molecule has 1 saturated heterocycles. The lowest BCUT2D eigenvalue weighted by Crippen LogP contribution is -2.56. The van der Waals surface area contributed by atoms with E-state index in [0.717, 1.165) is 49.8 Å². The summed E-state index contributed by atoms with van der Waals surface area (Å²) in [5.74, 6) is -0.453. The molecule has 188 valence electrons. The van der Waals surface area contributed by atoms with Crippen LogP contribution in [-0.2, 0) is 14.4 Å². The molecule has 0 spiro atoms. The normalized spacial score (nSPS) is 20.3. The van der Waals surface area contributed by atoms with Gasteiger partial charge in [-0.1, -0.05) is 63.4 Å². The van der Waals surface area contributed by atoms with Crippen molar-refractivity contribution in [3.63, 3.8) is 0 Å². The Labute approximate surface area is 207 Å². The number of likely N-dealkylation sites (tertiary alicyclic amines) is 1. The third kappa shape index (κ3) is 5.74. The van der Waals surface area contributed by atoms with E-state index < -0.39 is 12.1 Å². The van der Waals surface area contributed by atoms with Crippen LogP contribution in [0.15, 0.2) is 36.5 Å². The van der Waals surface area contributed by atoms with Crippen molar-refractivity contribution in [1.29, 1.82) is 0 Å². The molecule has 1 aromatic heterocycles. The Bertz CT molecular complexity index is 1010. The fourth-order valence-corrected chi connectivity index (χ4v) is 5.23. The SMILES string of the molecule is CC[C@@H](C)C(=O)N[C@H](C(=O)N1CCC[C@H]1C(=O)Nc1cn[nH]c1-c1ccccc1)C1CCCCC1. The van der Waals surface area contributed by atoms with E-state index in [1.54, 1.807) is 11.1 Å². The molecule has 1 saturated carbocycles. The van der Waals surface area contributed by atoms with Crippen LogP contribution in [0.1, 0.15) is 65.2 Å². The predicted octanol–water partition coefficient (Wildman–Crippen LogP) is 4.12. The molecule has 3 amide bonds. The number of H-pyrrole nitrogens is 1. The lowest BCUT2D eigenvalue weighted by atomic mass is 9.83. The zero-order valence-corrected chi connectivity index (χ0v) is 20.8. The summed E-state index contributed by atoms with van der Waals surface area (Å²) >= 11 is 0. The van der Waals surface area contributed by atoms with Gasteiger partial charge in [0, 0.05) is 18.0 Å². The van der Waals surface area contributed by atoms with Crippen molar-refractivity contribution >= 4 is 23.4 Å². The summed E-state index contributed by atoms with van der Waals surface area (Å²) in [6.45, 7) is 4.39. The highest BCUT2D eigenvalue weighted by Gasteiger charge is 2.41. The van der Waals surface area contributed by atoms with Crippen molar-refractivity contribution in [3.8, 4) is 11.3 Å². The Morgan fingerprint density at radius 1 is 1.09 bits per heavy atom. The first kappa shape index (κ1) is 24.9. The molecule has 0 unspecified atom stereocenters. The average Bonchev–Trinajstić information content (AvgIpc) is 3.57. The summed E-state index contributed by atoms with van der Waals surface area (Å²) < 4.78 is 0. The highest BCUT2D eigenvalue weighted by molar-refractivity contribution is 6.00. The van der Waals surface area contributed by atoms with Crippen molar-refractivity contribution in [2.24, 2.45) is 11.8 Å². The first-order chi connectivity index (χ1) is 17.0. The summed E-state index contributed by atoms with van der Waals surface area (Å²) in [5, 5.41) is 13.1. The number of aromatic amines is 1. The van der Waals surface area contributed by atoms with Crippen molar-refractivity contribution in [3.05, 3.63) is 36.5 Å². The molecule has 1 aromatic carbocycles. The number of carbonyl (C=O) groups is 3. The van der Waals surface area contributed by atoms with Crippen LogP contribution in [0.3, 0.4) is 0 Å². The summed E-state index contributed by atoms with van der Waals surface area (Å²) in [4.78, 5) is 41.6. The number of aromatic nitrogens is 2. The Balaban J connectivity index is 1.50. The van der Waals surface area contributed by atoms with Gasteiger partial charge in [-0.25, -0.2) is 0 Å². The van der Waals surface area contributed by atoms with Gasteiger partial charge in [0.25, 0.3) is 0 Å². The number of hydrogen-bond donors (Lipinski definition) is 3. The molecule has 8 nitrogen and oxygen atoms in total. The van der Waals surface area contributed by atoms with Gasteiger partial charge in [0.2, 0.25) is 17.7 Å². The summed E-state index contributed by atoms with van der Waals surface area (Å²) in [6.07, 6.45) is 8.85. The van der Waals surface area contributed by atoms with E-state index in [-0.39, 0.29) is 29.6 Å². The molecule has 2 aliphatic rings. The molecule has 2 fully saturated rings. The van der Waals surface area contributed by atoms with Gasteiger partial charge >= 0.3 is 0 Å². The maximum Gasteiger partial charge on any atom is 0.247 e. The molecule has 2 aromatic rings. The number of nitrogens with one attached hydrogen (secondary N) is 3. The molecule has 4 rings (SSSR count). The topological polar surface area (TPSA) is 107 Å². The zero-order chi connectivity index (χ0) is 24.8. The Morgan fingerprint density at radius 3 is 2.54 bits per heavy atom. The molecule has 0 radical (unpaired) electrons. The number of anilines is 1. The van der Waals surface area contributed by atoms with E-state index in [1.807, 2.05) is 44.2 Å². The quantitative estimate of drug-likeness (QED) is 0.529. The second-order valence-corrected chi connectivity index (χ2v) is 9.90. The minimum Gasteiger partial charge on any atom is -0.344 e. The Kier molecular flexibility index (Phi) is 8.21. The molecular formula is C27H37N5O3. The standard InChI is InChI=1S/C27H37N5O3/c1-3-18(2)25(33)30-24(20-13-8-5-9-14-20)27(35)32-16-10-15-22(32)26(34)29-21-17-28-31-23(21)19-11-6-4-7-12-19/h4,6-7,11-12,17-18,20,22,24H,3,5,8-10,13-16H2,1-2H3,(H,28,31)(H,29,34)(H,30,33)/t18-,22+,24+/m1/s1. The number of rotatable bonds is 8. The minimum atomic E-state index is -0.570. The molecule has 3 atom stereocenters. The number of hydrogen-bond acceptors (Lipinski definition) is 4. The second kappa shape index (κ2) is 11.5. The first-order valence-corrected chi connectivity index (χ1v) is 13.0. The van der Waals surface area contributed by atoms with Crippen LogP contribution in [0.5, 0.6) is 0 Å². The predicted molar refractivity (Wildman–Crippen MR) is 135 cm³/mol. The fourth-order valence-electron chi connectivity index (χ4n) is 5.23. The molecule has 1 aliphatic heterocycles. The van der Waals surface area contributed by atoms with E-state index in [9.17, 15) is 14.4 Å². The Morgan fingerprint density at radius 2 is 1.83 bits per heavy atom. The van der Waals surface area contributed by atoms with Crippen LogP contribution in [0.25, 0.3) is 11.3 Å². The Hall–Kier alpha value is -3.16. The molecular weight excluding hydrogens is 442 g/mol. The molecule has 0 bridgehead atoms. The summed E-state index contributed by atoms with van der Waals surface area (Å²) in [6, 6.07) is 8.55. The zero-order valence-electron chi connectivity index (χ0n) is 20.8. The molecule has 1 aliphatic carbocycles. The van der Waals surface area contributed by atoms with E-state index in [2.05, 4.69) is 20.8 Å². The van der Waals surface area contributed by atoms with Crippen LogP contribution in [0.4, 0.5) is 5.69 Å². The summed E-state index contributed by atoms with van der Waals surface area (Å²) in [7, 11) is 0. The van der Waals surface area contributed by atoms with Crippen LogP contribution in [0, 0.1) is 11.8 Å². The van der Waals surface area contributed by atoms with Gasteiger partial charge < -0.3 is 15.5 Å². The third-order valence-corrected chi connectivity index (χ3v) is 7.54. The molecule has 8 heteroatoms. The fraction of sp³-hybridized carbons (Fsp3) is 0.556. The second-order valence-electron chi connectivity index (χ2n) is 9.90. The van der Waals surface area contributed by atoms with E-state index >= 15 is 0 Å². The lowest BCUT2D eigenvalue weighted by molar-refractivity contribution is -0.142. The van der Waals surface area contributed by atoms with Gasteiger partial charge in [-0.3, -0.25) is 19.5 Å². The van der Waals surface area contributed by atoms with Crippen LogP contribution >= 0.6 is 0 Å². The average molecular weight is 480 g/mol. The number of nitrogens with zero attached hydrogens (tertiary/aromatic N) is 2. The van der Waals surface area contributed by atoms with E-state index in [1.165, 1.54) is 6.42 Å². The van der Waals surface area contributed by atoms with Gasteiger partial charge in [0.05, 0.1) is 17.6 Å². The summed E-state index contributed by atoms with van der Waals surface area (Å²) in [5.41, 5.74) is 2.25. The van der Waals surface area contributed by atoms with Crippen LogP contribution in [0.2, 0.25) is 0 Å². The van der Waals surface area contributed by atoms with Crippen molar-refractivity contribution in [2.45, 2.75) is 77.3 Å². The van der Waals surface area contributed by atoms with E-state index in [4.69, 9.17) is 0 Å².